The van der Waals surface area contributed by atoms with Crippen molar-refractivity contribution in [2.75, 3.05) is 38.8 Å². The van der Waals surface area contributed by atoms with Crippen LogP contribution < -0.4 is 10.6 Å². The summed E-state index contributed by atoms with van der Waals surface area (Å²) >= 11 is 0. The molecule has 0 aliphatic carbocycles. The Kier molecular flexibility index (Phi) is 16.0. The summed E-state index contributed by atoms with van der Waals surface area (Å²) in [6, 6.07) is 12.0. The van der Waals surface area contributed by atoms with Crippen LogP contribution >= 0.6 is 21.6 Å². The number of hydrogen-bond donors (Lipinski definition) is 6. The van der Waals surface area contributed by atoms with Gasteiger partial charge >= 0.3 is 11.9 Å². The first-order valence-corrected chi connectivity index (χ1v) is 25.3. The maximum Gasteiger partial charge on any atom is 0.329 e. The average Bonchev–Trinajstić information content (AvgIpc) is 3.96. The Hall–Kier alpha value is -5.42. The normalized spacial score (nSPS) is 21.5. The van der Waals surface area contributed by atoms with E-state index >= 15 is 0 Å². The molecule has 358 valence electrons. The Morgan fingerprint density at radius 3 is 1.10 bits per heavy atom. The van der Waals surface area contributed by atoms with Crippen LogP contribution in [-0.2, 0) is 61.0 Å². The van der Waals surface area contributed by atoms with Gasteiger partial charge in [-0.2, -0.15) is 0 Å². The number of phenolic OH excluding ortho intramolecular Hbond substituents is 4. The fourth-order valence-corrected chi connectivity index (χ4v) is 12.2. The number of amides is 2. The second kappa shape index (κ2) is 21.7. The van der Waals surface area contributed by atoms with Crippen molar-refractivity contribution in [1.82, 2.24) is 20.4 Å². The van der Waals surface area contributed by atoms with E-state index < -0.39 is 36.1 Å². The van der Waals surface area contributed by atoms with E-state index in [1.807, 2.05) is 86.0 Å². The molecule has 3 aliphatic heterocycles. The molecule has 6 N–H and O–H groups in total. The first-order chi connectivity index (χ1) is 32.0. The highest BCUT2D eigenvalue weighted by Crippen LogP contribution is 2.38. The van der Waals surface area contributed by atoms with Crippen LogP contribution in [0.3, 0.4) is 0 Å². The van der Waals surface area contributed by atoms with Gasteiger partial charge in [0.1, 0.15) is 35.1 Å². The van der Waals surface area contributed by atoms with Crippen LogP contribution in [0.4, 0.5) is 0 Å². The number of fused-ring (bicyclic) bond motifs is 10. The van der Waals surface area contributed by atoms with Crippen LogP contribution in [0.1, 0.15) is 92.4 Å². The van der Waals surface area contributed by atoms with Gasteiger partial charge in [-0.3, -0.25) is 19.4 Å². The number of nitrogens with one attached hydrogen (secondary N) is 2. The van der Waals surface area contributed by atoms with Crippen LogP contribution in [0.15, 0.2) is 48.5 Å². The molecular weight excluding hydrogens is 893 g/mol. The van der Waals surface area contributed by atoms with Crippen LogP contribution in [0, 0.1) is 27.7 Å². The number of aryl methyl sites for hydroxylation is 4. The minimum Gasteiger partial charge on any atom is -0.507 e. The van der Waals surface area contributed by atoms with Crippen molar-refractivity contribution in [2.45, 2.75) is 110 Å². The Morgan fingerprint density at radius 2 is 0.806 bits per heavy atom. The monoisotopic (exact) mass is 954 g/mol. The van der Waals surface area contributed by atoms with Crippen LogP contribution in [0.5, 0.6) is 23.0 Å². The molecule has 4 aromatic carbocycles. The molecule has 2 amide bonds. The van der Waals surface area contributed by atoms with E-state index in [0.717, 1.165) is 35.1 Å². The molecule has 2 saturated heterocycles. The molecule has 0 spiro atoms. The number of phenols is 4. The summed E-state index contributed by atoms with van der Waals surface area (Å²) in [4.78, 5) is 57.8. The molecule has 14 nitrogen and oxygen atoms in total. The number of rotatable bonds is 2. The molecule has 0 radical (unpaired) electrons. The van der Waals surface area contributed by atoms with Gasteiger partial charge in [0, 0.05) is 55.0 Å². The molecule has 0 saturated carbocycles. The number of hydrogen-bond acceptors (Lipinski definition) is 14. The van der Waals surface area contributed by atoms with Crippen molar-refractivity contribution in [2.24, 2.45) is 0 Å². The summed E-state index contributed by atoms with van der Waals surface area (Å²) in [5.41, 5.74) is 8.54. The standard InChI is InChI=1S/C51H62N4O10S2/c1-28-13-32-21-33-14-29(2)16-35(45(33)57)23-37-18-31(4)20-39(47(37)59)25-55-12-8-10-43(55)49(61)53-41(51(63)65-6)27-67-66-26-40(50(62)64-5)52-48(60)42-9-7-11-54(42)24-38-19-30(3)17-36(46(38)58)22-34(15-28)44(32)56/h13-20,40-43,56-59H,7-12,21-27H2,1-6H3,(H,52,60)(H,53,61)/t40-,41?,42-,43-/m0/s1. The quantitative estimate of drug-likeness (QED) is 0.0988. The Balaban J connectivity index is 1.24. The lowest BCUT2D eigenvalue weighted by Crippen LogP contribution is -2.51. The van der Waals surface area contributed by atoms with Crippen LogP contribution in [0.2, 0.25) is 0 Å². The van der Waals surface area contributed by atoms with Crippen molar-refractivity contribution in [3.8, 4) is 23.0 Å². The molecule has 3 aliphatic rings. The number of esters is 2. The molecule has 7 rings (SSSR count). The lowest BCUT2D eigenvalue weighted by Gasteiger charge is -2.27. The molecule has 1 unspecified atom stereocenters. The topological polar surface area (TPSA) is 198 Å². The van der Waals surface area contributed by atoms with Gasteiger partial charge in [-0.25, -0.2) is 9.59 Å². The van der Waals surface area contributed by atoms with Crippen molar-refractivity contribution in [3.63, 3.8) is 0 Å². The molecule has 2 fully saturated rings. The summed E-state index contributed by atoms with van der Waals surface area (Å²) < 4.78 is 10.1. The maximum absolute atomic E-state index is 13.9. The van der Waals surface area contributed by atoms with Gasteiger partial charge in [0.2, 0.25) is 11.8 Å². The van der Waals surface area contributed by atoms with Gasteiger partial charge in [-0.05, 0) is 99.8 Å². The number of methoxy groups -OCH3 is 2. The van der Waals surface area contributed by atoms with Gasteiger partial charge in [0.25, 0.3) is 0 Å². The van der Waals surface area contributed by atoms with E-state index in [2.05, 4.69) is 10.6 Å². The minimum absolute atomic E-state index is 0.0644. The number of ether oxygens (including phenoxy) is 2. The molecular formula is C51H62N4O10S2. The summed E-state index contributed by atoms with van der Waals surface area (Å²) in [6.07, 6.45) is 3.23. The van der Waals surface area contributed by atoms with Gasteiger partial charge in [0.05, 0.1) is 26.3 Å². The molecule has 4 atom stereocenters. The zero-order valence-electron chi connectivity index (χ0n) is 39.1. The third-order valence-corrected chi connectivity index (χ3v) is 15.4. The number of carbonyl (C=O) groups is 4. The SMILES string of the molecule is COC(=O)C1CSSC[C@@H](C(=O)OC)NC(=O)[C@@H]2CCCN2Cc2cc(C)cc(c2O)Cc2cc(C)cc(c2O)Cc2cc(C)cc(c2O)Cc2cc(C)cc(c2O)CN2CCC[C@H]2C(=O)N1. The van der Waals surface area contributed by atoms with Crippen LogP contribution in [0.25, 0.3) is 0 Å². The molecule has 4 aromatic rings. The average molecular weight is 955 g/mol. The van der Waals surface area contributed by atoms with Gasteiger partial charge in [-0.15, -0.1) is 0 Å². The highest BCUT2D eigenvalue weighted by Gasteiger charge is 2.36. The predicted molar refractivity (Wildman–Crippen MR) is 259 cm³/mol. The summed E-state index contributed by atoms with van der Waals surface area (Å²) in [7, 11) is 5.01. The highest BCUT2D eigenvalue weighted by atomic mass is 33.1. The van der Waals surface area contributed by atoms with Crippen LogP contribution in [-0.4, -0.2) is 117 Å². The number of benzene rings is 4. The third-order valence-electron chi connectivity index (χ3n) is 13.0. The fourth-order valence-electron chi connectivity index (χ4n) is 9.85. The Labute approximate surface area is 400 Å². The Bertz CT molecular complexity index is 2360. The summed E-state index contributed by atoms with van der Waals surface area (Å²) in [5.74, 6) is -1.43. The highest BCUT2D eigenvalue weighted by molar-refractivity contribution is 8.76. The molecule has 67 heavy (non-hydrogen) atoms. The molecule has 3 heterocycles. The minimum atomic E-state index is -0.999. The molecule has 0 aromatic heterocycles. The summed E-state index contributed by atoms with van der Waals surface area (Å²) in [5, 5.41) is 53.0. The van der Waals surface area contributed by atoms with E-state index in [4.69, 9.17) is 9.47 Å². The predicted octanol–water partition coefficient (Wildman–Crippen LogP) is 6.15. The van der Waals surface area contributed by atoms with Crippen molar-refractivity contribution in [1.29, 1.82) is 0 Å². The second-order valence-electron chi connectivity index (χ2n) is 18.3. The van der Waals surface area contributed by atoms with E-state index in [1.165, 1.54) is 35.8 Å². The van der Waals surface area contributed by atoms with Gasteiger partial charge in [-0.1, -0.05) is 92.4 Å². The fraction of sp³-hybridized carbons (Fsp3) is 0.451. The third kappa shape index (κ3) is 11.7. The summed E-state index contributed by atoms with van der Waals surface area (Å²) in [6.45, 7) is 9.49. The van der Waals surface area contributed by atoms with Crippen molar-refractivity contribution >= 4 is 45.3 Å². The van der Waals surface area contributed by atoms with E-state index in [1.54, 1.807) is 0 Å². The number of nitrogens with zero attached hydrogens (tertiary/aromatic N) is 2. The van der Waals surface area contributed by atoms with E-state index in [0.29, 0.717) is 70.4 Å². The van der Waals surface area contributed by atoms with Gasteiger partial charge in [0.15, 0.2) is 0 Å². The van der Waals surface area contributed by atoms with E-state index in [9.17, 15) is 39.6 Å². The lowest BCUT2D eigenvalue weighted by atomic mass is 9.91. The zero-order valence-corrected chi connectivity index (χ0v) is 40.7. The lowest BCUT2D eigenvalue weighted by molar-refractivity contribution is -0.145. The zero-order chi connectivity index (χ0) is 48.1. The second-order valence-corrected chi connectivity index (χ2v) is 20.8. The maximum atomic E-state index is 13.9. The number of carbonyl (C=O) groups excluding carboxylic acids is 4. The first kappa shape index (κ1) is 49.5. The van der Waals surface area contributed by atoms with E-state index in [-0.39, 0.29) is 78.7 Å². The smallest absolute Gasteiger partial charge is 0.329 e. The van der Waals surface area contributed by atoms with Crippen molar-refractivity contribution < 1.29 is 49.1 Å². The largest absolute Gasteiger partial charge is 0.507 e. The molecule has 16 heteroatoms. The number of aromatic hydroxyl groups is 4. The van der Waals surface area contributed by atoms with Gasteiger partial charge < -0.3 is 40.5 Å². The molecule has 8 bridgehead atoms. The van der Waals surface area contributed by atoms with Crippen molar-refractivity contribution in [3.05, 3.63) is 115 Å². The Morgan fingerprint density at radius 1 is 0.522 bits per heavy atom. The first-order valence-electron chi connectivity index (χ1n) is 22.8.